The van der Waals surface area contributed by atoms with E-state index in [-0.39, 0.29) is 11.8 Å². The molecule has 0 aromatic heterocycles. The highest BCUT2D eigenvalue weighted by Gasteiger charge is 2.37. The van der Waals surface area contributed by atoms with Gasteiger partial charge in [0.05, 0.1) is 6.54 Å². The second-order valence-corrected chi connectivity index (χ2v) is 5.91. The van der Waals surface area contributed by atoms with Gasteiger partial charge >= 0.3 is 0 Å². The van der Waals surface area contributed by atoms with Crippen molar-refractivity contribution in [1.29, 1.82) is 0 Å². The number of β-amino-alcohol motifs (C(OH)–C–C–N with tert-alkyl or cyclic N) is 1. The molecule has 1 fully saturated rings. The van der Waals surface area contributed by atoms with Crippen LogP contribution in [-0.2, 0) is 10.4 Å². The average Bonchev–Trinajstić information content (AvgIpc) is 2.92. The molecule has 1 aliphatic heterocycles. The smallest absolute Gasteiger partial charge is 0.229 e. The molecule has 0 bridgehead atoms. The summed E-state index contributed by atoms with van der Waals surface area (Å²) < 4.78 is 0. The summed E-state index contributed by atoms with van der Waals surface area (Å²) >= 11 is 0. The van der Waals surface area contributed by atoms with Gasteiger partial charge in [-0.1, -0.05) is 49.6 Å². The maximum atomic E-state index is 12.5. The molecule has 1 aliphatic carbocycles. The molecule has 1 aromatic rings. The van der Waals surface area contributed by atoms with Gasteiger partial charge in [-0.3, -0.25) is 4.79 Å². The van der Waals surface area contributed by atoms with Gasteiger partial charge < -0.3 is 10.0 Å². The Morgan fingerprint density at radius 1 is 1.15 bits per heavy atom. The summed E-state index contributed by atoms with van der Waals surface area (Å²) in [5, 5.41) is 10.7. The Morgan fingerprint density at radius 2 is 1.85 bits per heavy atom. The maximum absolute atomic E-state index is 12.5. The number of hydrogen-bond acceptors (Lipinski definition) is 2. The zero-order valence-corrected chi connectivity index (χ0v) is 11.7. The van der Waals surface area contributed by atoms with E-state index >= 15 is 0 Å². The number of amides is 1. The normalized spacial score (nSPS) is 26.9. The number of benzene rings is 1. The molecule has 1 heterocycles. The fourth-order valence-electron chi connectivity index (χ4n) is 3.23. The Balaban J connectivity index is 1.70. The summed E-state index contributed by atoms with van der Waals surface area (Å²) in [5.41, 5.74) is -0.193. The monoisotopic (exact) mass is 271 g/mol. The molecule has 1 N–H and O–H groups in total. The van der Waals surface area contributed by atoms with Crippen LogP contribution in [0.1, 0.15) is 37.7 Å². The number of carbonyl (C=O) groups is 1. The molecule has 3 rings (SSSR count). The van der Waals surface area contributed by atoms with E-state index in [4.69, 9.17) is 0 Å². The zero-order chi connectivity index (χ0) is 14.0. The van der Waals surface area contributed by atoms with Gasteiger partial charge in [-0.15, -0.1) is 0 Å². The summed E-state index contributed by atoms with van der Waals surface area (Å²) in [4.78, 5) is 14.2. The minimum absolute atomic E-state index is 0.145. The maximum Gasteiger partial charge on any atom is 0.229 e. The summed E-state index contributed by atoms with van der Waals surface area (Å²) in [6.07, 6.45) is 9.02. The van der Waals surface area contributed by atoms with Crippen LogP contribution >= 0.6 is 0 Å². The van der Waals surface area contributed by atoms with Gasteiger partial charge in [0.15, 0.2) is 0 Å². The largest absolute Gasteiger partial charge is 0.379 e. The first-order valence-electron chi connectivity index (χ1n) is 7.47. The minimum atomic E-state index is -1.04. The molecule has 1 unspecified atom stereocenters. The summed E-state index contributed by atoms with van der Waals surface area (Å²) in [5.74, 6) is 0.319. The first-order valence-corrected chi connectivity index (χ1v) is 7.47. The van der Waals surface area contributed by atoms with Crippen LogP contribution < -0.4 is 0 Å². The Kier molecular flexibility index (Phi) is 3.62. The molecule has 2 aliphatic rings. The topological polar surface area (TPSA) is 40.5 Å². The summed E-state index contributed by atoms with van der Waals surface area (Å²) in [6.45, 7) is 0.340. The van der Waals surface area contributed by atoms with Crippen molar-refractivity contribution in [2.75, 3.05) is 6.54 Å². The highest BCUT2D eigenvalue weighted by Crippen LogP contribution is 2.32. The van der Waals surface area contributed by atoms with E-state index < -0.39 is 5.60 Å². The molecule has 0 spiro atoms. The van der Waals surface area contributed by atoms with Crippen molar-refractivity contribution in [2.45, 2.75) is 37.7 Å². The van der Waals surface area contributed by atoms with E-state index in [9.17, 15) is 9.90 Å². The number of aliphatic hydroxyl groups is 1. The van der Waals surface area contributed by atoms with E-state index in [0.717, 1.165) is 31.2 Å². The van der Waals surface area contributed by atoms with Crippen molar-refractivity contribution in [2.24, 2.45) is 5.92 Å². The molecular formula is C17H21NO2. The Morgan fingerprint density at radius 3 is 2.55 bits per heavy atom. The van der Waals surface area contributed by atoms with E-state index in [1.54, 1.807) is 17.2 Å². The zero-order valence-electron chi connectivity index (χ0n) is 11.7. The van der Waals surface area contributed by atoms with Gasteiger partial charge in [0.25, 0.3) is 0 Å². The Labute approximate surface area is 119 Å². The second kappa shape index (κ2) is 5.41. The van der Waals surface area contributed by atoms with Crippen molar-refractivity contribution >= 4 is 5.91 Å². The molecule has 3 heteroatoms. The fraction of sp³-hybridized carbons (Fsp3) is 0.471. The molecule has 0 saturated heterocycles. The van der Waals surface area contributed by atoms with E-state index in [1.165, 1.54) is 6.42 Å². The summed E-state index contributed by atoms with van der Waals surface area (Å²) in [6, 6.07) is 9.55. The minimum Gasteiger partial charge on any atom is -0.379 e. The lowest BCUT2D eigenvalue weighted by atomic mass is 9.88. The van der Waals surface area contributed by atoms with Gasteiger partial charge in [-0.2, -0.15) is 0 Å². The number of carbonyl (C=O) groups excluding carboxylic acids is 1. The van der Waals surface area contributed by atoms with E-state index in [2.05, 4.69) is 0 Å². The highest BCUT2D eigenvalue weighted by molar-refractivity contribution is 5.80. The quantitative estimate of drug-likeness (QED) is 0.898. The lowest BCUT2D eigenvalue weighted by Crippen LogP contribution is -2.38. The predicted octanol–water partition coefficient (Wildman–Crippen LogP) is 2.81. The lowest BCUT2D eigenvalue weighted by Gasteiger charge is -2.28. The molecule has 20 heavy (non-hydrogen) atoms. The van der Waals surface area contributed by atoms with Crippen LogP contribution in [0.2, 0.25) is 0 Å². The first-order chi connectivity index (χ1) is 9.69. The van der Waals surface area contributed by atoms with Crippen molar-refractivity contribution in [1.82, 2.24) is 4.90 Å². The number of rotatable bonds is 2. The van der Waals surface area contributed by atoms with E-state index in [0.29, 0.717) is 6.54 Å². The molecule has 1 saturated carbocycles. The lowest BCUT2D eigenvalue weighted by molar-refractivity contribution is -0.135. The molecule has 0 radical (unpaired) electrons. The summed E-state index contributed by atoms with van der Waals surface area (Å²) in [7, 11) is 0. The third-order valence-corrected chi connectivity index (χ3v) is 4.45. The standard InChI is InChI=1S/C17H21NO2/c19-16(14-7-3-1-4-8-14)18-12-11-17(20,13-18)15-9-5-2-6-10-15/h2,5-6,9-12,14,20H,1,3-4,7-8,13H2. The molecule has 1 aromatic carbocycles. The number of hydrogen-bond donors (Lipinski definition) is 1. The van der Waals surface area contributed by atoms with Gasteiger partial charge in [0, 0.05) is 12.1 Å². The van der Waals surface area contributed by atoms with Gasteiger partial charge in [0.2, 0.25) is 5.91 Å². The molecule has 106 valence electrons. The average molecular weight is 271 g/mol. The van der Waals surface area contributed by atoms with Crippen molar-refractivity contribution < 1.29 is 9.90 Å². The third-order valence-electron chi connectivity index (χ3n) is 4.45. The van der Waals surface area contributed by atoms with E-state index in [1.807, 2.05) is 30.3 Å². The number of nitrogens with zero attached hydrogens (tertiary/aromatic N) is 1. The van der Waals surface area contributed by atoms with Gasteiger partial charge in [-0.25, -0.2) is 0 Å². The SMILES string of the molecule is O=C(C1CCCCC1)N1C=CC(O)(c2ccccc2)C1. The van der Waals surface area contributed by atoms with Gasteiger partial charge in [0.1, 0.15) is 5.60 Å². The third kappa shape index (κ3) is 2.50. The van der Waals surface area contributed by atoms with Crippen LogP contribution in [0.4, 0.5) is 0 Å². The van der Waals surface area contributed by atoms with Crippen molar-refractivity contribution in [3.8, 4) is 0 Å². The Bertz CT molecular complexity index is 505. The van der Waals surface area contributed by atoms with Crippen LogP contribution in [-0.4, -0.2) is 22.5 Å². The van der Waals surface area contributed by atoms with Crippen LogP contribution in [0.5, 0.6) is 0 Å². The first kappa shape index (κ1) is 13.4. The molecule has 3 nitrogen and oxygen atoms in total. The second-order valence-electron chi connectivity index (χ2n) is 5.91. The van der Waals surface area contributed by atoms with Crippen LogP contribution in [0.3, 0.4) is 0 Å². The molecular weight excluding hydrogens is 250 g/mol. The van der Waals surface area contributed by atoms with Gasteiger partial charge in [-0.05, 0) is 24.5 Å². The highest BCUT2D eigenvalue weighted by atomic mass is 16.3. The van der Waals surface area contributed by atoms with Crippen molar-refractivity contribution in [3.63, 3.8) is 0 Å². The predicted molar refractivity (Wildman–Crippen MR) is 77.8 cm³/mol. The molecule has 1 amide bonds. The Hall–Kier alpha value is -1.61. The van der Waals surface area contributed by atoms with Crippen LogP contribution in [0.15, 0.2) is 42.6 Å². The fourth-order valence-corrected chi connectivity index (χ4v) is 3.23. The molecule has 1 atom stereocenters. The van der Waals surface area contributed by atoms with Crippen LogP contribution in [0, 0.1) is 5.92 Å². The van der Waals surface area contributed by atoms with Crippen LogP contribution in [0.25, 0.3) is 0 Å². The van der Waals surface area contributed by atoms with Crippen molar-refractivity contribution in [3.05, 3.63) is 48.2 Å².